The average Bonchev–Trinajstić information content (AvgIpc) is 3.24. The first-order valence-electron chi connectivity index (χ1n) is 8.90. The van der Waals surface area contributed by atoms with Gasteiger partial charge >= 0.3 is 0 Å². The van der Waals surface area contributed by atoms with Gasteiger partial charge in [-0.2, -0.15) is 0 Å². The van der Waals surface area contributed by atoms with Crippen LogP contribution in [0.15, 0.2) is 24.3 Å². The summed E-state index contributed by atoms with van der Waals surface area (Å²) in [6, 6.07) is 7.82. The highest BCUT2D eigenvalue weighted by molar-refractivity contribution is 5.76. The summed E-state index contributed by atoms with van der Waals surface area (Å²) in [5.41, 5.74) is 1.11. The van der Waals surface area contributed by atoms with Crippen LogP contribution in [-0.4, -0.2) is 54.4 Å². The van der Waals surface area contributed by atoms with E-state index in [0.29, 0.717) is 32.2 Å². The number of hydrogen-bond donors (Lipinski definition) is 1. The highest BCUT2D eigenvalue weighted by atomic mass is 16.5. The van der Waals surface area contributed by atoms with Crippen LogP contribution >= 0.6 is 0 Å². The predicted octanol–water partition coefficient (Wildman–Crippen LogP) is 2.16. The normalized spacial score (nSPS) is 24.2. The molecule has 1 saturated carbocycles. The van der Waals surface area contributed by atoms with Gasteiger partial charge in [0.25, 0.3) is 0 Å². The molecule has 1 saturated heterocycles. The number of carbonyl (C=O) groups excluding carboxylic acids is 1. The maximum atomic E-state index is 12.3. The molecule has 3 rings (SSSR count). The lowest BCUT2D eigenvalue weighted by molar-refractivity contribution is -0.133. The molecular weight excluding hydrogens is 306 g/mol. The number of aliphatic hydroxyl groups excluding tert-OH is 1. The number of hydrogen-bond acceptors (Lipinski definition) is 4. The molecule has 1 heterocycles. The molecule has 1 amide bonds. The highest BCUT2D eigenvalue weighted by Crippen LogP contribution is 2.25. The number of amides is 1. The van der Waals surface area contributed by atoms with E-state index in [2.05, 4.69) is 0 Å². The molecule has 0 radical (unpaired) electrons. The minimum Gasteiger partial charge on any atom is -0.490 e. The minimum atomic E-state index is -0.581. The lowest BCUT2D eigenvalue weighted by Crippen LogP contribution is -2.44. The Balaban J connectivity index is 1.51. The fourth-order valence-electron chi connectivity index (χ4n) is 3.49. The molecule has 5 nitrogen and oxygen atoms in total. The number of ether oxygens (including phenoxy) is 2. The van der Waals surface area contributed by atoms with E-state index in [9.17, 15) is 9.90 Å². The zero-order chi connectivity index (χ0) is 16.9. The van der Waals surface area contributed by atoms with E-state index < -0.39 is 6.10 Å². The lowest BCUT2D eigenvalue weighted by Gasteiger charge is -2.25. The van der Waals surface area contributed by atoms with E-state index in [1.807, 2.05) is 24.3 Å². The third kappa shape index (κ3) is 4.28. The van der Waals surface area contributed by atoms with Gasteiger partial charge in [-0.15, -0.1) is 0 Å². The quantitative estimate of drug-likeness (QED) is 0.867. The van der Waals surface area contributed by atoms with Crippen molar-refractivity contribution in [2.75, 3.05) is 20.3 Å². The Morgan fingerprint density at radius 3 is 2.83 bits per heavy atom. The van der Waals surface area contributed by atoms with Gasteiger partial charge in [0.15, 0.2) is 0 Å². The standard InChI is InChI=1S/C19H27NO4/c1-20(17-12-23-13-18(17)21)19(22)10-9-14-5-4-8-16(11-14)24-15-6-2-3-7-15/h4-5,8,11,15,17-18,21H,2-3,6-7,9-10,12-13H2,1H3/t17-,18-/m1/s1. The van der Waals surface area contributed by atoms with Gasteiger partial charge < -0.3 is 19.5 Å². The van der Waals surface area contributed by atoms with Gasteiger partial charge in [-0.3, -0.25) is 4.79 Å². The van der Waals surface area contributed by atoms with Gasteiger partial charge in [-0.1, -0.05) is 12.1 Å². The molecule has 132 valence electrons. The van der Waals surface area contributed by atoms with Gasteiger partial charge in [-0.05, 0) is 49.8 Å². The minimum absolute atomic E-state index is 0.0339. The largest absolute Gasteiger partial charge is 0.490 e. The van der Waals surface area contributed by atoms with Crippen LogP contribution in [0.25, 0.3) is 0 Å². The average molecular weight is 333 g/mol. The van der Waals surface area contributed by atoms with Crippen molar-refractivity contribution in [3.8, 4) is 5.75 Å². The fourth-order valence-corrected chi connectivity index (χ4v) is 3.49. The first-order valence-corrected chi connectivity index (χ1v) is 8.90. The highest BCUT2D eigenvalue weighted by Gasteiger charge is 2.31. The second kappa shape index (κ2) is 7.99. The van der Waals surface area contributed by atoms with E-state index in [1.165, 1.54) is 12.8 Å². The molecule has 1 aromatic rings. The van der Waals surface area contributed by atoms with Crippen LogP contribution in [0, 0.1) is 0 Å². The van der Waals surface area contributed by atoms with Gasteiger partial charge in [0.1, 0.15) is 5.75 Å². The second-order valence-electron chi connectivity index (χ2n) is 6.85. The molecule has 0 unspecified atom stereocenters. The molecule has 1 N–H and O–H groups in total. The van der Waals surface area contributed by atoms with E-state index >= 15 is 0 Å². The summed E-state index contributed by atoms with van der Waals surface area (Å²) in [6.07, 6.45) is 5.64. The van der Waals surface area contributed by atoms with Crippen molar-refractivity contribution in [3.05, 3.63) is 29.8 Å². The maximum Gasteiger partial charge on any atom is 0.223 e. The van der Waals surface area contributed by atoms with Crippen LogP contribution in [0.2, 0.25) is 0 Å². The van der Waals surface area contributed by atoms with Crippen molar-refractivity contribution >= 4 is 5.91 Å². The van der Waals surface area contributed by atoms with Crippen molar-refractivity contribution < 1.29 is 19.4 Å². The Kier molecular flexibility index (Phi) is 5.74. The Morgan fingerprint density at radius 2 is 2.12 bits per heavy atom. The molecule has 0 aromatic heterocycles. The van der Waals surface area contributed by atoms with Crippen LogP contribution in [0.4, 0.5) is 0 Å². The Labute approximate surface area is 143 Å². The summed E-state index contributed by atoms with van der Waals surface area (Å²) in [4.78, 5) is 14.0. The maximum absolute atomic E-state index is 12.3. The number of benzene rings is 1. The molecule has 2 atom stereocenters. The topological polar surface area (TPSA) is 59.0 Å². The Bertz CT molecular complexity index is 556. The Hall–Kier alpha value is -1.59. The SMILES string of the molecule is CN(C(=O)CCc1cccc(OC2CCCC2)c1)[C@@H]1COC[C@H]1O. The number of carbonyl (C=O) groups is 1. The molecule has 1 aliphatic heterocycles. The number of aryl methyl sites for hydroxylation is 1. The first-order chi connectivity index (χ1) is 11.6. The smallest absolute Gasteiger partial charge is 0.223 e. The van der Waals surface area contributed by atoms with E-state index in [0.717, 1.165) is 24.2 Å². The number of likely N-dealkylation sites (N-methyl/N-ethyl adjacent to an activating group) is 1. The van der Waals surface area contributed by atoms with Gasteiger partial charge in [0, 0.05) is 13.5 Å². The zero-order valence-electron chi connectivity index (χ0n) is 14.3. The monoisotopic (exact) mass is 333 g/mol. The van der Waals surface area contributed by atoms with Crippen molar-refractivity contribution in [1.29, 1.82) is 0 Å². The van der Waals surface area contributed by atoms with Crippen molar-refractivity contribution in [2.45, 2.75) is 56.8 Å². The summed E-state index contributed by atoms with van der Waals surface area (Å²) in [6.45, 7) is 0.719. The molecule has 2 aliphatic rings. The van der Waals surface area contributed by atoms with Crippen LogP contribution in [0.5, 0.6) is 5.75 Å². The van der Waals surface area contributed by atoms with Crippen LogP contribution < -0.4 is 4.74 Å². The molecule has 5 heteroatoms. The third-order valence-electron chi connectivity index (χ3n) is 5.04. The third-order valence-corrected chi connectivity index (χ3v) is 5.04. The van der Waals surface area contributed by atoms with Gasteiger partial charge in [0.05, 0.1) is 31.5 Å². The van der Waals surface area contributed by atoms with Crippen molar-refractivity contribution in [2.24, 2.45) is 0 Å². The van der Waals surface area contributed by atoms with E-state index in [-0.39, 0.29) is 11.9 Å². The van der Waals surface area contributed by atoms with Gasteiger partial charge in [-0.25, -0.2) is 0 Å². The van der Waals surface area contributed by atoms with E-state index in [1.54, 1.807) is 11.9 Å². The molecule has 2 fully saturated rings. The van der Waals surface area contributed by atoms with Crippen LogP contribution in [0.3, 0.4) is 0 Å². The lowest BCUT2D eigenvalue weighted by atomic mass is 10.1. The summed E-state index contributed by atoms with van der Waals surface area (Å²) in [7, 11) is 1.74. The van der Waals surface area contributed by atoms with Crippen LogP contribution in [0.1, 0.15) is 37.7 Å². The second-order valence-corrected chi connectivity index (χ2v) is 6.85. The molecule has 24 heavy (non-hydrogen) atoms. The van der Waals surface area contributed by atoms with Crippen molar-refractivity contribution in [3.63, 3.8) is 0 Å². The van der Waals surface area contributed by atoms with Crippen LogP contribution in [-0.2, 0) is 16.0 Å². The molecule has 0 spiro atoms. The summed E-state index contributed by atoms with van der Waals surface area (Å²) >= 11 is 0. The van der Waals surface area contributed by atoms with Crippen molar-refractivity contribution in [1.82, 2.24) is 4.90 Å². The number of nitrogens with zero attached hydrogens (tertiary/aromatic N) is 1. The molecule has 1 aliphatic carbocycles. The number of rotatable bonds is 6. The summed E-state index contributed by atoms with van der Waals surface area (Å²) in [5.74, 6) is 0.937. The Morgan fingerprint density at radius 1 is 1.33 bits per heavy atom. The van der Waals surface area contributed by atoms with E-state index in [4.69, 9.17) is 9.47 Å². The fraction of sp³-hybridized carbons (Fsp3) is 0.632. The number of aliphatic hydroxyl groups is 1. The first kappa shape index (κ1) is 17.2. The predicted molar refractivity (Wildman–Crippen MR) is 91.0 cm³/mol. The molecule has 0 bridgehead atoms. The molecule has 1 aromatic carbocycles. The summed E-state index contributed by atoms with van der Waals surface area (Å²) < 4.78 is 11.2. The van der Waals surface area contributed by atoms with Gasteiger partial charge in [0.2, 0.25) is 5.91 Å². The zero-order valence-corrected chi connectivity index (χ0v) is 14.3. The summed E-state index contributed by atoms with van der Waals surface area (Å²) in [5, 5.41) is 9.83. The molecular formula is C19H27NO4.